The highest BCUT2D eigenvalue weighted by molar-refractivity contribution is 5.95. The van der Waals surface area contributed by atoms with Gasteiger partial charge in [0.15, 0.2) is 0 Å². The molecule has 4 rings (SSSR count). The van der Waals surface area contributed by atoms with Gasteiger partial charge in [0.05, 0.1) is 5.69 Å². The average molecular weight is 365 g/mol. The second-order valence-corrected chi connectivity index (χ2v) is 6.61. The Bertz CT molecular complexity index is 943. The van der Waals surface area contributed by atoms with Crippen LogP contribution in [0.5, 0.6) is 0 Å². The summed E-state index contributed by atoms with van der Waals surface area (Å²) < 4.78 is 15.1. The number of pyridine rings is 1. The van der Waals surface area contributed by atoms with E-state index in [2.05, 4.69) is 10.1 Å². The molecule has 7 heteroatoms. The predicted molar refractivity (Wildman–Crippen MR) is 100 cm³/mol. The highest BCUT2D eigenvalue weighted by Gasteiger charge is 2.28. The molecule has 1 unspecified atom stereocenters. The summed E-state index contributed by atoms with van der Waals surface area (Å²) in [7, 11) is 0. The van der Waals surface area contributed by atoms with Gasteiger partial charge in [-0.2, -0.15) is 9.49 Å². The first-order valence-electron chi connectivity index (χ1n) is 8.90. The van der Waals surface area contributed by atoms with Crippen LogP contribution in [0.1, 0.15) is 17.3 Å². The predicted octanol–water partition coefficient (Wildman–Crippen LogP) is 2.76. The monoisotopic (exact) mass is 365 g/mol. The molecule has 1 aliphatic rings. The van der Waals surface area contributed by atoms with E-state index in [1.165, 1.54) is 6.07 Å². The van der Waals surface area contributed by atoms with Gasteiger partial charge < -0.3 is 9.80 Å². The Morgan fingerprint density at radius 3 is 2.74 bits per heavy atom. The zero-order valence-corrected chi connectivity index (χ0v) is 15.0. The van der Waals surface area contributed by atoms with Crippen molar-refractivity contribution >= 4 is 11.7 Å². The topological polar surface area (TPSA) is 54.3 Å². The minimum atomic E-state index is -0.492. The molecule has 1 atom stereocenters. The molecule has 0 radical (unpaired) electrons. The average Bonchev–Trinajstić information content (AvgIpc) is 3.22. The number of amides is 1. The van der Waals surface area contributed by atoms with Gasteiger partial charge in [-0.05, 0) is 43.3 Å². The molecule has 1 saturated heterocycles. The normalized spacial score (nSPS) is 17.2. The molecule has 1 amide bonds. The molecule has 0 spiro atoms. The number of hydrogen-bond acceptors (Lipinski definition) is 4. The van der Waals surface area contributed by atoms with Gasteiger partial charge in [-0.3, -0.25) is 4.79 Å². The summed E-state index contributed by atoms with van der Waals surface area (Å²) >= 11 is 0. The summed E-state index contributed by atoms with van der Waals surface area (Å²) in [6, 6.07) is 14.1. The van der Waals surface area contributed by atoms with Crippen LogP contribution in [0.15, 0.2) is 60.9 Å². The van der Waals surface area contributed by atoms with E-state index in [1.54, 1.807) is 23.0 Å². The van der Waals surface area contributed by atoms with Crippen LogP contribution in [0.4, 0.5) is 10.2 Å². The molecular weight excluding hydrogens is 345 g/mol. The lowest BCUT2D eigenvalue weighted by molar-refractivity contribution is 0.0726. The Balaban J connectivity index is 1.49. The number of anilines is 1. The third-order valence-electron chi connectivity index (χ3n) is 4.77. The van der Waals surface area contributed by atoms with Gasteiger partial charge in [-0.15, -0.1) is 0 Å². The van der Waals surface area contributed by atoms with Gasteiger partial charge in [0, 0.05) is 43.6 Å². The third-order valence-corrected chi connectivity index (χ3v) is 4.77. The second-order valence-electron chi connectivity index (χ2n) is 6.61. The van der Waals surface area contributed by atoms with Crippen LogP contribution in [0.3, 0.4) is 0 Å². The summed E-state index contributed by atoms with van der Waals surface area (Å²) in [6.07, 6.45) is 3.55. The highest BCUT2D eigenvalue weighted by Crippen LogP contribution is 2.20. The van der Waals surface area contributed by atoms with Gasteiger partial charge in [0.2, 0.25) is 5.95 Å². The number of nitrogens with zero attached hydrogens (tertiary/aromatic N) is 5. The first-order valence-corrected chi connectivity index (χ1v) is 8.90. The minimum absolute atomic E-state index is 0.0114. The van der Waals surface area contributed by atoms with E-state index in [0.29, 0.717) is 31.0 Å². The second kappa shape index (κ2) is 7.19. The maximum Gasteiger partial charge on any atom is 0.254 e. The number of carbonyl (C=O) groups is 1. The summed E-state index contributed by atoms with van der Waals surface area (Å²) in [6.45, 7) is 3.75. The lowest BCUT2D eigenvalue weighted by atomic mass is 10.1. The molecule has 0 bridgehead atoms. The lowest BCUT2D eigenvalue weighted by Gasteiger charge is -2.40. The van der Waals surface area contributed by atoms with E-state index < -0.39 is 5.95 Å². The van der Waals surface area contributed by atoms with E-state index in [9.17, 15) is 9.18 Å². The van der Waals surface area contributed by atoms with Gasteiger partial charge in [-0.1, -0.05) is 12.1 Å². The van der Waals surface area contributed by atoms with E-state index >= 15 is 0 Å². The largest absolute Gasteiger partial charge is 0.350 e. The molecule has 3 aromatic rings. The van der Waals surface area contributed by atoms with Crippen molar-refractivity contribution in [1.82, 2.24) is 19.7 Å². The maximum atomic E-state index is 13.4. The molecule has 2 aromatic heterocycles. The third kappa shape index (κ3) is 3.53. The molecular formula is C20H20FN5O. The summed E-state index contributed by atoms with van der Waals surface area (Å²) in [4.78, 5) is 20.8. The molecule has 0 N–H and O–H groups in total. The zero-order valence-electron chi connectivity index (χ0n) is 15.0. The molecule has 0 saturated carbocycles. The van der Waals surface area contributed by atoms with Crippen LogP contribution in [0, 0.1) is 5.95 Å². The van der Waals surface area contributed by atoms with E-state index in [-0.39, 0.29) is 11.9 Å². The van der Waals surface area contributed by atoms with Crippen molar-refractivity contribution in [3.8, 4) is 5.69 Å². The number of piperazine rings is 1. The Kier molecular flexibility index (Phi) is 4.58. The minimum Gasteiger partial charge on any atom is -0.350 e. The fourth-order valence-electron chi connectivity index (χ4n) is 3.43. The highest BCUT2D eigenvalue weighted by atomic mass is 19.1. The van der Waals surface area contributed by atoms with Crippen LogP contribution in [-0.2, 0) is 0 Å². The summed E-state index contributed by atoms with van der Waals surface area (Å²) in [5.41, 5.74) is 1.48. The molecule has 3 heterocycles. The van der Waals surface area contributed by atoms with Crippen LogP contribution in [-0.4, -0.2) is 51.2 Å². The summed E-state index contributed by atoms with van der Waals surface area (Å²) in [5, 5.41) is 4.21. The van der Waals surface area contributed by atoms with E-state index in [4.69, 9.17) is 0 Å². The smallest absolute Gasteiger partial charge is 0.254 e. The number of halogens is 1. The van der Waals surface area contributed by atoms with Crippen molar-refractivity contribution in [2.24, 2.45) is 0 Å². The fraction of sp³-hybridized carbons (Fsp3) is 0.250. The number of benzene rings is 1. The Hall–Kier alpha value is -3.22. The van der Waals surface area contributed by atoms with Crippen LogP contribution >= 0.6 is 0 Å². The molecule has 0 aliphatic carbocycles. The maximum absolute atomic E-state index is 13.4. The van der Waals surface area contributed by atoms with Crippen molar-refractivity contribution in [3.05, 3.63) is 72.4 Å². The SMILES string of the molecule is CC1CN(C(=O)c2cccc(-n3cccn3)c2)CCN1c1cccc(F)n1. The number of hydrogen-bond donors (Lipinski definition) is 0. The van der Waals surface area contributed by atoms with Crippen molar-refractivity contribution in [2.75, 3.05) is 24.5 Å². The van der Waals surface area contributed by atoms with Crippen molar-refractivity contribution in [3.63, 3.8) is 0 Å². The van der Waals surface area contributed by atoms with Gasteiger partial charge in [0.25, 0.3) is 5.91 Å². The van der Waals surface area contributed by atoms with Gasteiger partial charge in [0.1, 0.15) is 5.82 Å². The first-order chi connectivity index (χ1) is 13.1. The molecule has 27 heavy (non-hydrogen) atoms. The van der Waals surface area contributed by atoms with Crippen LogP contribution in [0.2, 0.25) is 0 Å². The zero-order chi connectivity index (χ0) is 18.8. The standard InChI is InChI=1S/C20H20FN5O/c1-15-14-24(11-12-25(15)19-8-3-7-18(21)23-19)20(27)16-5-2-6-17(13-16)26-10-4-9-22-26/h2-10,13,15H,11-12,14H2,1H3. The van der Waals surface area contributed by atoms with Crippen molar-refractivity contribution in [2.45, 2.75) is 13.0 Å². The van der Waals surface area contributed by atoms with Crippen molar-refractivity contribution in [1.29, 1.82) is 0 Å². The van der Waals surface area contributed by atoms with E-state index in [0.717, 1.165) is 5.69 Å². The van der Waals surface area contributed by atoms with Gasteiger partial charge >= 0.3 is 0 Å². The molecule has 6 nitrogen and oxygen atoms in total. The molecule has 1 aromatic carbocycles. The van der Waals surface area contributed by atoms with Crippen LogP contribution < -0.4 is 4.90 Å². The van der Waals surface area contributed by atoms with Crippen LogP contribution in [0.25, 0.3) is 5.69 Å². The Morgan fingerprint density at radius 1 is 1.15 bits per heavy atom. The van der Waals surface area contributed by atoms with E-state index in [1.807, 2.05) is 53.3 Å². The first kappa shape index (κ1) is 17.2. The Labute approximate surface area is 156 Å². The van der Waals surface area contributed by atoms with Gasteiger partial charge in [-0.25, -0.2) is 9.67 Å². The quantitative estimate of drug-likeness (QED) is 0.670. The number of aromatic nitrogens is 3. The number of rotatable bonds is 3. The molecule has 138 valence electrons. The Morgan fingerprint density at radius 2 is 2.00 bits per heavy atom. The number of carbonyl (C=O) groups excluding carboxylic acids is 1. The fourth-order valence-corrected chi connectivity index (χ4v) is 3.43. The lowest BCUT2D eigenvalue weighted by Crippen LogP contribution is -2.54. The van der Waals surface area contributed by atoms with Crippen molar-refractivity contribution < 1.29 is 9.18 Å². The molecule has 1 fully saturated rings. The molecule has 1 aliphatic heterocycles. The summed E-state index contributed by atoms with van der Waals surface area (Å²) in [5.74, 6) is 0.103.